The second-order valence-corrected chi connectivity index (χ2v) is 4.10. The number of hydrogen-bond donors (Lipinski definition) is 0. The largest absolute Gasteiger partial charge is 0.377 e. The fraction of sp³-hybridized carbons (Fsp3) is 0.143. The number of nitro groups is 1. The molecule has 91 valence electrons. The highest BCUT2D eigenvalue weighted by Crippen LogP contribution is 2.35. The summed E-state index contributed by atoms with van der Waals surface area (Å²) < 4.78 is 0. The van der Waals surface area contributed by atoms with Gasteiger partial charge in [0.1, 0.15) is 0 Å². The first-order valence-corrected chi connectivity index (χ1v) is 5.53. The quantitative estimate of drug-likeness (QED) is 0.612. The SMILES string of the molecule is CN(C)c1[c]cccc1-c1ccccc1[N+](=O)[O-]. The van der Waals surface area contributed by atoms with Gasteiger partial charge in [0.05, 0.1) is 16.2 Å². The number of benzene rings is 2. The van der Waals surface area contributed by atoms with E-state index in [4.69, 9.17) is 0 Å². The number of hydrogen-bond acceptors (Lipinski definition) is 3. The molecule has 0 amide bonds. The molecule has 18 heavy (non-hydrogen) atoms. The van der Waals surface area contributed by atoms with Crippen LogP contribution >= 0.6 is 0 Å². The van der Waals surface area contributed by atoms with Crippen LogP contribution in [0.1, 0.15) is 0 Å². The van der Waals surface area contributed by atoms with Crippen LogP contribution in [0, 0.1) is 16.2 Å². The van der Waals surface area contributed by atoms with Gasteiger partial charge in [-0.3, -0.25) is 10.1 Å². The van der Waals surface area contributed by atoms with Crippen molar-refractivity contribution in [3.63, 3.8) is 0 Å². The Morgan fingerprint density at radius 1 is 1.11 bits per heavy atom. The summed E-state index contributed by atoms with van der Waals surface area (Å²) in [5.41, 5.74) is 2.38. The molecule has 0 aromatic heterocycles. The van der Waals surface area contributed by atoms with Crippen molar-refractivity contribution in [2.45, 2.75) is 0 Å². The minimum Gasteiger partial charge on any atom is -0.377 e. The Balaban J connectivity index is 2.66. The van der Waals surface area contributed by atoms with Gasteiger partial charge in [-0.05, 0) is 6.07 Å². The van der Waals surface area contributed by atoms with E-state index in [0.717, 1.165) is 11.3 Å². The summed E-state index contributed by atoms with van der Waals surface area (Å²) in [5, 5.41) is 11.1. The molecule has 2 rings (SSSR count). The number of nitro benzene ring substituents is 1. The lowest BCUT2D eigenvalue weighted by Gasteiger charge is -2.16. The maximum atomic E-state index is 11.1. The van der Waals surface area contributed by atoms with Crippen LogP contribution in [0.3, 0.4) is 0 Å². The standard InChI is InChI=1S/C14H13N2O2/c1-15(2)13-9-5-3-7-11(13)12-8-4-6-10-14(12)16(17)18/h3-8,10H,1-2H3. The summed E-state index contributed by atoms with van der Waals surface area (Å²) in [6, 6.07) is 15.3. The third-order valence-corrected chi connectivity index (χ3v) is 2.67. The van der Waals surface area contributed by atoms with Gasteiger partial charge in [-0.1, -0.05) is 30.3 Å². The monoisotopic (exact) mass is 241 g/mol. The van der Waals surface area contributed by atoms with Gasteiger partial charge in [-0.15, -0.1) is 0 Å². The fourth-order valence-corrected chi connectivity index (χ4v) is 1.88. The molecule has 4 heteroatoms. The van der Waals surface area contributed by atoms with Crippen LogP contribution in [0.4, 0.5) is 11.4 Å². The van der Waals surface area contributed by atoms with E-state index in [9.17, 15) is 10.1 Å². The smallest absolute Gasteiger partial charge is 0.277 e. The highest BCUT2D eigenvalue weighted by molar-refractivity contribution is 5.83. The minimum absolute atomic E-state index is 0.111. The Morgan fingerprint density at radius 3 is 2.44 bits per heavy atom. The summed E-state index contributed by atoms with van der Waals surface area (Å²) in [6.45, 7) is 0. The summed E-state index contributed by atoms with van der Waals surface area (Å²) >= 11 is 0. The van der Waals surface area contributed by atoms with Crippen molar-refractivity contribution in [1.29, 1.82) is 0 Å². The normalized spacial score (nSPS) is 10.1. The summed E-state index contributed by atoms with van der Waals surface area (Å²) in [6.07, 6.45) is 0. The van der Waals surface area contributed by atoms with Crippen molar-refractivity contribution < 1.29 is 4.92 Å². The van der Waals surface area contributed by atoms with E-state index in [1.165, 1.54) is 6.07 Å². The predicted molar refractivity (Wildman–Crippen MR) is 71.7 cm³/mol. The second-order valence-electron chi connectivity index (χ2n) is 4.10. The van der Waals surface area contributed by atoms with Gasteiger partial charge in [0, 0.05) is 31.8 Å². The molecule has 0 spiro atoms. The lowest BCUT2D eigenvalue weighted by Crippen LogP contribution is -2.10. The average Bonchev–Trinajstić information content (AvgIpc) is 2.38. The molecule has 4 nitrogen and oxygen atoms in total. The maximum absolute atomic E-state index is 11.1. The summed E-state index contributed by atoms with van der Waals surface area (Å²) in [7, 11) is 3.79. The molecule has 0 aliphatic rings. The molecule has 0 saturated carbocycles. The van der Waals surface area contributed by atoms with Gasteiger partial charge in [-0.25, -0.2) is 0 Å². The topological polar surface area (TPSA) is 46.4 Å². The van der Waals surface area contributed by atoms with Crippen LogP contribution in [0.2, 0.25) is 0 Å². The average molecular weight is 241 g/mol. The van der Waals surface area contributed by atoms with Crippen LogP contribution in [0.25, 0.3) is 11.1 Å². The van der Waals surface area contributed by atoms with Gasteiger partial charge in [0.25, 0.3) is 5.69 Å². The van der Waals surface area contributed by atoms with E-state index in [1.54, 1.807) is 24.3 Å². The Morgan fingerprint density at radius 2 is 1.78 bits per heavy atom. The molecule has 0 fully saturated rings. The Labute approximate surface area is 106 Å². The van der Waals surface area contributed by atoms with Crippen LogP contribution in [0.15, 0.2) is 42.5 Å². The maximum Gasteiger partial charge on any atom is 0.277 e. The molecule has 0 heterocycles. The Bertz CT molecular complexity index is 580. The van der Waals surface area contributed by atoms with Crippen LogP contribution in [-0.4, -0.2) is 19.0 Å². The minimum atomic E-state index is -0.359. The van der Waals surface area contributed by atoms with Gasteiger partial charge >= 0.3 is 0 Å². The van der Waals surface area contributed by atoms with Crippen LogP contribution < -0.4 is 4.90 Å². The molecule has 0 aliphatic heterocycles. The molecule has 0 aliphatic carbocycles. The zero-order chi connectivity index (χ0) is 13.1. The van der Waals surface area contributed by atoms with Crippen molar-refractivity contribution in [2.24, 2.45) is 0 Å². The fourth-order valence-electron chi connectivity index (χ4n) is 1.88. The second kappa shape index (κ2) is 4.87. The molecule has 1 radical (unpaired) electrons. The van der Waals surface area contributed by atoms with Crippen molar-refractivity contribution in [1.82, 2.24) is 0 Å². The van der Waals surface area contributed by atoms with Gasteiger partial charge in [-0.2, -0.15) is 0 Å². The van der Waals surface area contributed by atoms with Crippen molar-refractivity contribution in [3.05, 3.63) is 58.6 Å². The highest BCUT2D eigenvalue weighted by atomic mass is 16.6. The third-order valence-electron chi connectivity index (χ3n) is 2.67. The molecule has 0 unspecified atom stereocenters. The first kappa shape index (κ1) is 12.1. The van der Waals surface area contributed by atoms with Crippen molar-refractivity contribution in [3.8, 4) is 11.1 Å². The molecular weight excluding hydrogens is 228 g/mol. The number of rotatable bonds is 3. The molecule has 2 aromatic rings. The van der Waals surface area contributed by atoms with Gasteiger partial charge in [0.2, 0.25) is 0 Å². The Hall–Kier alpha value is -2.36. The summed E-state index contributed by atoms with van der Waals surface area (Å²) in [5.74, 6) is 0. The van der Waals surface area contributed by atoms with Gasteiger partial charge < -0.3 is 4.90 Å². The molecule has 0 N–H and O–H groups in total. The molecule has 0 atom stereocenters. The number of anilines is 1. The van der Waals surface area contributed by atoms with Crippen molar-refractivity contribution in [2.75, 3.05) is 19.0 Å². The lowest BCUT2D eigenvalue weighted by atomic mass is 10.0. The lowest BCUT2D eigenvalue weighted by molar-refractivity contribution is -0.384. The van der Waals surface area contributed by atoms with Crippen molar-refractivity contribution >= 4 is 11.4 Å². The molecule has 0 saturated heterocycles. The van der Waals surface area contributed by atoms with Crippen LogP contribution in [-0.2, 0) is 0 Å². The Kier molecular flexibility index (Phi) is 3.28. The number of nitrogens with zero attached hydrogens (tertiary/aromatic N) is 2. The predicted octanol–water partition coefficient (Wildman–Crippen LogP) is 3.13. The molecule has 0 bridgehead atoms. The summed E-state index contributed by atoms with van der Waals surface area (Å²) in [4.78, 5) is 12.6. The van der Waals surface area contributed by atoms with Crippen LogP contribution in [0.5, 0.6) is 0 Å². The first-order chi connectivity index (χ1) is 8.61. The van der Waals surface area contributed by atoms with E-state index in [0.29, 0.717) is 5.56 Å². The van der Waals surface area contributed by atoms with E-state index < -0.39 is 0 Å². The molecule has 2 aromatic carbocycles. The zero-order valence-corrected chi connectivity index (χ0v) is 10.3. The van der Waals surface area contributed by atoms with Gasteiger partial charge in [0.15, 0.2) is 0 Å². The first-order valence-electron chi connectivity index (χ1n) is 5.53. The zero-order valence-electron chi connectivity index (χ0n) is 10.3. The van der Waals surface area contributed by atoms with E-state index in [1.807, 2.05) is 31.1 Å². The van der Waals surface area contributed by atoms with E-state index in [-0.39, 0.29) is 10.6 Å². The molecular formula is C14H13N2O2. The third kappa shape index (κ3) is 2.18. The van der Waals surface area contributed by atoms with E-state index in [2.05, 4.69) is 6.07 Å². The highest BCUT2D eigenvalue weighted by Gasteiger charge is 2.17. The number of para-hydroxylation sites is 2. The van der Waals surface area contributed by atoms with E-state index >= 15 is 0 Å².